The molecule has 0 radical (unpaired) electrons. The van der Waals surface area contributed by atoms with Crippen LogP contribution < -0.4 is 4.57 Å². The first-order chi connectivity index (χ1) is 15.6. The minimum Gasteiger partial charge on any atom is -0.307 e. The fraction of sp³-hybridized carbons (Fsp3) is 0.276. The Hall–Kier alpha value is -3.20. The van der Waals surface area contributed by atoms with Gasteiger partial charge in [-0.2, -0.15) is 0 Å². The molecule has 1 aliphatic rings. The molecule has 0 unspecified atom stereocenters. The molecule has 158 valence electrons. The number of aryl methyl sites for hydroxylation is 2. The summed E-state index contributed by atoms with van der Waals surface area (Å²) in [4.78, 5) is 0. The third kappa shape index (κ3) is 2.37. The molecule has 3 aromatic carbocycles. The summed E-state index contributed by atoms with van der Waals surface area (Å²) in [5, 5.41) is 5.99. The maximum Gasteiger partial charge on any atom is 0.224 e. The van der Waals surface area contributed by atoms with Gasteiger partial charge < -0.3 is 4.40 Å². The normalized spacial score (nSPS) is 15.5. The van der Waals surface area contributed by atoms with Gasteiger partial charge in [-0.3, -0.25) is 0 Å². The standard InChI is InChI=1S/C29H26FN2/c1-17-7-9-22-23-16-21(30)8-10-24(23)32-25-15-19(13-18-5-3-4-6-18)14-20-11-12-31(2)29(27(20)25)26(17)28(22)32/h7-12,14-16,18H,3-6,13H2,1-2H3/q+1. The zero-order chi connectivity index (χ0) is 21.6. The van der Waals surface area contributed by atoms with Gasteiger partial charge in [-0.15, -0.1) is 0 Å². The molecule has 0 spiro atoms. The lowest BCUT2D eigenvalue weighted by atomic mass is 9.94. The molecule has 1 aliphatic carbocycles. The van der Waals surface area contributed by atoms with E-state index < -0.39 is 0 Å². The van der Waals surface area contributed by atoms with Gasteiger partial charge in [0.25, 0.3) is 0 Å². The SMILES string of the molecule is Cc1ccc2c3cc(F)ccc3n3c4cc(CC5CCCC5)cc5cc[n+](C)c(c1c23)c54. The van der Waals surface area contributed by atoms with Crippen molar-refractivity contribution in [3.05, 3.63) is 71.7 Å². The summed E-state index contributed by atoms with van der Waals surface area (Å²) in [6.07, 6.45) is 8.77. The number of fused-ring (bicyclic) bond motifs is 5. The molecule has 0 bridgehead atoms. The molecule has 1 saturated carbocycles. The van der Waals surface area contributed by atoms with Crippen LogP contribution in [0.25, 0.3) is 49.0 Å². The second kappa shape index (κ2) is 6.41. The Labute approximate surface area is 186 Å². The van der Waals surface area contributed by atoms with Crippen molar-refractivity contribution in [2.24, 2.45) is 13.0 Å². The lowest BCUT2D eigenvalue weighted by molar-refractivity contribution is -0.643. The monoisotopic (exact) mass is 421 g/mol. The Morgan fingerprint density at radius 1 is 0.938 bits per heavy atom. The second-order valence-electron chi connectivity index (χ2n) is 9.86. The van der Waals surface area contributed by atoms with Crippen molar-refractivity contribution in [3.63, 3.8) is 0 Å². The second-order valence-corrected chi connectivity index (χ2v) is 9.86. The summed E-state index contributed by atoms with van der Waals surface area (Å²) in [6.45, 7) is 2.19. The maximum absolute atomic E-state index is 14.3. The van der Waals surface area contributed by atoms with Crippen LogP contribution in [-0.4, -0.2) is 4.40 Å². The molecule has 6 aromatic rings. The summed E-state index contributed by atoms with van der Waals surface area (Å²) < 4.78 is 19.0. The Morgan fingerprint density at radius 3 is 2.62 bits per heavy atom. The molecule has 3 heteroatoms. The highest BCUT2D eigenvalue weighted by Gasteiger charge is 2.25. The van der Waals surface area contributed by atoms with Crippen LogP contribution in [-0.2, 0) is 13.5 Å². The highest BCUT2D eigenvalue weighted by atomic mass is 19.1. The molecule has 7 rings (SSSR count). The number of pyridine rings is 2. The molecule has 32 heavy (non-hydrogen) atoms. The quantitative estimate of drug-likeness (QED) is 0.162. The average Bonchev–Trinajstić information content (AvgIpc) is 3.40. The number of benzene rings is 3. The average molecular weight is 422 g/mol. The first kappa shape index (κ1) is 18.4. The van der Waals surface area contributed by atoms with E-state index in [0.29, 0.717) is 0 Å². The van der Waals surface area contributed by atoms with Gasteiger partial charge in [-0.25, -0.2) is 8.96 Å². The van der Waals surface area contributed by atoms with E-state index in [1.165, 1.54) is 69.5 Å². The Kier molecular flexibility index (Phi) is 3.68. The third-order valence-electron chi connectivity index (χ3n) is 7.85. The van der Waals surface area contributed by atoms with Crippen LogP contribution in [0.15, 0.2) is 54.7 Å². The zero-order valence-corrected chi connectivity index (χ0v) is 18.6. The topological polar surface area (TPSA) is 8.29 Å². The third-order valence-corrected chi connectivity index (χ3v) is 7.85. The molecule has 0 aliphatic heterocycles. The van der Waals surface area contributed by atoms with Crippen molar-refractivity contribution in [3.8, 4) is 0 Å². The molecule has 2 nitrogen and oxygen atoms in total. The molecule has 0 saturated heterocycles. The zero-order valence-electron chi connectivity index (χ0n) is 18.6. The van der Waals surface area contributed by atoms with Gasteiger partial charge in [0.05, 0.1) is 27.3 Å². The van der Waals surface area contributed by atoms with Gasteiger partial charge in [0, 0.05) is 16.8 Å². The number of halogens is 1. The van der Waals surface area contributed by atoms with Gasteiger partial charge in [0.15, 0.2) is 6.20 Å². The van der Waals surface area contributed by atoms with Gasteiger partial charge in [0.2, 0.25) is 5.52 Å². The lowest BCUT2D eigenvalue weighted by Crippen LogP contribution is -2.29. The molecule has 1 fully saturated rings. The first-order valence-electron chi connectivity index (χ1n) is 11.8. The summed E-state index contributed by atoms with van der Waals surface area (Å²) >= 11 is 0. The Morgan fingerprint density at radius 2 is 1.78 bits per heavy atom. The molecular formula is C29H26FN2+. The van der Waals surface area contributed by atoms with E-state index in [4.69, 9.17) is 0 Å². The van der Waals surface area contributed by atoms with E-state index in [0.717, 1.165) is 28.6 Å². The molecular weight excluding hydrogens is 395 g/mol. The van der Waals surface area contributed by atoms with E-state index in [1.54, 1.807) is 12.1 Å². The van der Waals surface area contributed by atoms with Crippen molar-refractivity contribution < 1.29 is 8.96 Å². The summed E-state index contributed by atoms with van der Waals surface area (Å²) in [6, 6.07) is 16.7. The largest absolute Gasteiger partial charge is 0.307 e. The highest BCUT2D eigenvalue weighted by Crippen LogP contribution is 2.41. The van der Waals surface area contributed by atoms with Crippen LogP contribution in [0.5, 0.6) is 0 Å². The van der Waals surface area contributed by atoms with Crippen LogP contribution in [0.3, 0.4) is 0 Å². The van der Waals surface area contributed by atoms with Crippen LogP contribution >= 0.6 is 0 Å². The number of rotatable bonds is 2. The van der Waals surface area contributed by atoms with Crippen LogP contribution in [0.1, 0.15) is 36.8 Å². The van der Waals surface area contributed by atoms with Gasteiger partial charge >= 0.3 is 0 Å². The number of aromatic nitrogens is 2. The fourth-order valence-electron chi connectivity index (χ4n) is 6.42. The van der Waals surface area contributed by atoms with Gasteiger partial charge in [-0.05, 0) is 60.0 Å². The van der Waals surface area contributed by atoms with E-state index in [2.05, 4.69) is 59.5 Å². The molecule has 0 atom stereocenters. The summed E-state index contributed by atoms with van der Waals surface area (Å²) in [5.41, 5.74) is 7.48. The molecule has 0 N–H and O–H groups in total. The number of nitrogens with zero attached hydrogens (tertiary/aromatic N) is 2. The predicted molar refractivity (Wildman–Crippen MR) is 130 cm³/mol. The molecule has 3 aromatic heterocycles. The number of hydrogen-bond donors (Lipinski definition) is 0. The highest BCUT2D eigenvalue weighted by molar-refractivity contribution is 6.25. The Balaban J connectivity index is 1.73. The minimum atomic E-state index is -0.180. The van der Waals surface area contributed by atoms with Gasteiger partial charge in [0.1, 0.15) is 12.9 Å². The van der Waals surface area contributed by atoms with E-state index >= 15 is 0 Å². The number of hydrogen-bond acceptors (Lipinski definition) is 0. The van der Waals surface area contributed by atoms with E-state index in [-0.39, 0.29) is 5.82 Å². The minimum absolute atomic E-state index is 0.180. The predicted octanol–water partition coefficient (Wildman–Crippen LogP) is 6.99. The van der Waals surface area contributed by atoms with Crippen molar-refractivity contribution >= 4 is 49.0 Å². The van der Waals surface area contributed by atoms with Crippen molar-refractivity contribution in [1.82, 2.24) is 4.40 Å². The first-order valence-corrected chi connectivity index (χ1v) is 11.8. The molecule has 3 heterocycles. The van der Waals surface area contributed by atoms with Crippen LogP contribution in [0.4, 0.5) is 4.39 Å². The lowest BCUT2D eigenvalue weighted by Gasteiger charge is -2.15. The van der Waals surface area contributed by atoms with E-state index in [1.807, 2.05) is 6.07 Å². The van der Waals surface area contributed by atoms with E-state index in [9.17, 15) is 4.39 Å². The van der Waals surface area contributed by atoms with Crippen molar-refractivity contribution in [1.29, 1.82) is 0 Å². The fourth-order valence-corrected chi connectivity index (χ4v) is 6.42. The Bertz CT molecular complexity index is 1690. The summed E-state index contributed by atoms with van der Waals surface area (Å²) in [5.74, 6) is 0.619. The molecule has 0 amide bonds. The smallest absolute Gasteiger partial charge is 0.224 e. The van der Waals surface area contributed by atoms with Crippen LogP contribution in [0, 0.1) is 18.7 Å². The van der Waals surface area contributed by atoms with Crippen molar-refractivity contribution in [2.75, 3.05) is 0 Å². The summed E-state index contributed by atoms with van der Waals surface area (Å²) in [7, 11) is 2.14. The van der Waals surface area contributed by atoms with Gasteiger partial charge in [-0.1, -0.05) is 43.9 Å². The van der Waals surface area contributed by atoms with Crippen LogP contribution in [0.2, 0.25) is 0 Å². The van der Waals surface area contributed by atoms with Crippen molar-refractivity contribution in [2.45, 2.75) is 39.0 Å². The maximum atomic E-state index is 14.3.